The van der Waals surface area contributed by atoms with E-state index in [0.717, 1.165) is 22.3 Å². The molecule has 1 unspecified atom stereocenters. The van der Waals surface area contributed by atoms with E-state index in [-0.39, 0.29) is 47.2 Å². The zero-order valence-corrected chi connectivity index (χ0v) is 22.2. The van der Waals surface area contributed by atoms with Gasteiger partial charge in [0.2, 0.25) is 5.91 Å². The summed E-state index contributed by atoms with van der Waals surface area (Å²) in [5, 5.41) is 1.63. The van der Waals surface area contributed by atoms with Crippen LogP contribution in [0, 0.1) is 25.1 Å². The van der Waals surface area contributed by atoms with Crippen molar-refractivity contribution in [1.29, 1.82) is 0 Å². The fourth-order valence-electron chi connectivity index (χ4n) is 4.41. The molecule has 39 heavy (non-hydrogen) atoms. The lowest BCUT2D eigenvalue weighted by Gasteiger charge is -2.30. The van der Waals surface area contributed by atoms with Crippen LogP contribution >= 0.6 is 11.3 Å². The summed E-state index contributed by atoms with van der Waals surface area (Å²) in [6.07, 6.45) is 0.369. The molecule has 11 heteroatoms. The molecule has 4 rings (SSSR count). The molecule has 0 saturated carbocycles. The van der Waals surface area contributed by atoms with Gasteiger partial charge in [0.15, 0.2) is 5.01 Å². The number of nitrogens with zero attached hydrogens (tertiary/aromatic N) is 3. The first kappa shape index (κ1) is 28.1. The predicted molar refractivity (Wildman–Crippen MR) is 139 cm³/mol. The minimum atomic E-state index is -4.74. The first-order valence-corrected chi connectivity index (χ1v) is 12.9. The first-order chi connectivity index (χ1) is 18.4. The standard InChI is InChI=1S/C28H25F4N3O3S/c1-5-25-33-22(15-39-25)26(36)35(20-12-21(28(30,31)32)17(4)24(13-20)38-16(2)3)23-10-11-34(27(23)37)14-18-6-8-19(29)9-7-18/h1,6-9,12-13,15-16,23H,10-11,14H2,2-4H3. The van der Waals surface area contributed by atoms with Crippen LogP contribution in [0.3, 0.4) is 0 Å². The number of halogens is 4. The molecule has 0 N–H and O–H groups in total. The smallest absolute Gasteiger partial charge is 0.416 e. The largest absolute Gasteiger partial charge is 0.491 e. The van der Waals surface area contributed by atoms with Crippen molar-refractivity contribution in [2.24, 2.45) is 0 Å². The summed E-state index contributed by atoms with van der Waals surface area (Å²) in [4.78, 5) is 33.9. The molecule has 2 amide bonds. The van der Waals surface area contributed by atoms with Gasteiger partial charge in [-0.05, 0) is 56.9 Å². The van der Waals surface area contributed by atoms with Crippen molar-refractivity contribution >= 4 is 28.8 Å². The quantitative estimate of drug-likeness (QED) is 0.270. The van der Waals surface area contributed by atoms with Crippen molar-refractivity contribution in [1.82, 2.24) is 9.88 Å². The van der Waals surface area contributed by atoms with Gasteiger partial charge in [-0.2, -0.15) is 13.2 Å². The number of hydrogen-bond acceptors (Lipinski definition) is 5. The maximum absolute atomic E-state index is 14.1. The number of aromatic nitrogens is 1. The average molecular weight is 560 g/mol. The van der Waals surface area contributed by atoms with E-state index in [2.05, 4.69) is 10.9 Å². The summed E-state index contributed by atoms with van der Waals surface area (Å²) in [5.41, 5.74) is -0.677. The average Bonchev–Trinajstić information content (AvgIpc) is 3.49. The van der Waals surface area contributed by atoms with Crippen LogP contribution in [0.5, 0.6) is 5.75 Å². The van der Waals surface area contributed by atoms with Gasteiger partial charge >= 0.3 is 6.18 Å². The fraction of sp³-hybridized carbons (Fsp3) is 0.321. The Bertz CT molecular complexity index is 1430. The topological polar surface area (TPSA) is 62.7 Å². The van der Waals surface area contributed by atoms with Crippen LogP contribution in [-0.4, -0.2) is 40.4 Å². The zero-order chi connectivity index (χ0) is 28.5. The summed E-state index contributed by atoms with van der Waals surface area (Å²) in [6.45, 7) is 5.03. The van der Waals surface area contributed by atoms with Gasteiger partial charge in [-0.25, -0.2) is 9.37 Å². The SMILES string of the molecule is C#Cc1nc(C(=O)N(c2cc(OC(C)C)c(C)c(C(F)(F)F)c2)C2CCN(Cc3ccc(F)cc3)C2=O)cs1. The lowest BCUT2D eigenvalue weighted by molar-refractivity contribution is -0.138. The third-order valence-corrected chi connectivity index (χ3v) is 7.00. The number of amides is 2. The lowest BCUT2D eigenvalue weighted by atomic mass is 10.0. The van der Waals surface area contributed by atoms with E-state index >= 15 is 0 Å². The van der Waals surface area contributed by atoms with Gasteiger partial charge < -0.3 is 9.64 Å². The van der Waals surface area contributed by atoms with Crippen LogP contribution in [0.1, 0.15) is 52.5 Å². The Kier molecular flexibility index (Phi) is 7.97. The Morgan fingerprint density at radius 2 is 1.97 bits per heavy atom. The summed E-state index contributed by atoms with van der Waals surface area (Å²) >= 11 is 1.03. The molecule has 1 atom stereocenters. The van der Waals surface area contributed by atoms with E-state index in [1.54, 1.807) is 26.0 Å². The van der Waals surface area contributed by atoms with Crippen molar-refractivity contribution in [2.45, 2.75) is 52.1 Å². The molecule has 2 heterocycles. The number of anilines is 1. The van der Waals surface area contributed by atoms with Crippen LogP contribution in [0.15, 0.2) is 41.8 Å². The van der Waals surface area contributed by atoms with Crippen molar-refractivity contribution in [2.75, 3.05) is 11.4 Å². The van der Waals surface area contributed by atoms with E-state index in [1.165, 1.54) is 35.4 Å². The minimum Gasteiger partial charge on any atom is -0.491 e. The molecule has 2 aromatic carbocycles. The van der Waals surface area contributed by atoms with Gasteiger partial charge in [0.05, 0.1) is 11.7 Å². The lowest BCUT2D eigenvalue weighted by Crippen LogP contribution is -2.46. The number of carbonyl (C=O) groups is 2. The number of thiazole rings is 1. The molecule has 6 nitrogen and oxygen atoms in total. The predicted octanol–water partition coefficient (Wildman–Crippen LogP) is 5.83. The number of hydrogen-bond donors (Lipinski definition) is 0. The van der Waals surface area contributed by atoms with E-state index < -0.39 is 41.5 Å². The first-order valence-electron chi connectivity index (χ1n) is 12.1. The highest BCUT2D eigenvalue weighted by molar-refractivity contribution is 7.10. The summed E-state index contributed by atoms with van der Waals surface area (Å²) in [6, 6.07) is 6.72. The van der Waals surface area contributed by atoms with Gasteiger partial charge in [0, 0.05) is 35.8 Å². The molecule has 1 aliphatic heterocycles. The Balaban J connectivity index is 1.79. The number of ether oxygens (including phenoxy) is 1. The monoisotopic (exact) mass is 559 g/mol. The third kappa shape index (κ3) is 6.06. The number of likely N-dealkylation sites (tertiary alicyclic amines) is 1. The second kappa shape index (κ2) is 11.1. The van der Waals surface area contributed by atoms with Gasteiger partial charge in [-0.1, -0.05) is 12.1 Å². The highest BCUT2D eigenvalue weighted by Gasteiger charge is 2.42. The van der Waals surface area contributed by atoms with Gasteiger partial charge in [0.1, 0.15) is 23.3 Å². The molecule has 0 spiro atoms. The van der Waals surface area contributed by atoms with E-state index in [0.29, 0.717) is 5.56 Å². The van der Waals surface area contributed by atoms with Crippen LogP contribution in [0.4, 0.5) is 23.2 Å². The van der Waals surface area contributed by atoms with Crippen LogP contribution in [0.25, 0.3) is 0 Å². The molecule has 204 valence electrons. The maximum atomic E-state index is 14.1. The van der Waals surface area contributed by atoms with Gasteiger partial charge in [0.25, 0.3) is 5.91 Å². The van der Waals surface area contributed by atoms with Crippen LogP contribution in [-0.2, 0) is 17.5 Å². The number of alkyl halides is 3. The molecular formula is C28H25F4N3O3S. The van der Waals surface area contributed by atoms with Crippen molar-refractivity contribution in [3.05, 3.63) is 75.0 Å². The van der Waals surface area contributed by atoms with E-state index in [1.807, 2.05) is 0 Å². The second-order valence-corrected chi connectivity index (χ2v) is 10.2. The molecule has 3 aromatic rings. The second-order valence-electron chi connectivity index (χ2n) is 9.33. The van der Waals surface area contributed by atoms with Crippen LogP contribution < -0.4 is 9.64 Å². The van der Waals surface area contributed by atoms with E-state index in [9.17, 15) is 27.2 Å². The minimum absolute atomic E-state index is 0.0520. The van der Waals surface area contributed by atoms with Crippen molar-refractivity contribution in [3.8, 4) is 18.1 Å². The molecule has 1 aromatic heterocycles. The van der Waals surface area contributed by atoms with Crippen molar-refractivity contribution in [3.63, 3.8) is 0 Å². The zero-order valence-electron chi connectivity index (χ0n) is 21.4. The highest BCUT2D eigenvalue weighted by Crippen LogP contribution is 2.41. The maximum Gasteiger partial charge on any atom is 0.416 e. The van der Waals surface area contributed by atoms with E-state index in [4.69, 9.17) is 11.2 Å². The molecule has 0 radical (unpaired) electrons. The number of rotatable bonds is 7. The molecule has 1 fully saturated rings. The van der Waals surface area contributed by atoms with Crippen LogP contribution in [0.2, 0.25) is 0 Å². The molecule has 0 bridgehead atoms. The summed E-state index contributed by atoms with van der Waals surface area (Å²) in [7, 11) is 0. The molecular weight excluding hydrogens is 534 g/mol. The number of terminal acetylenes is 1. The third-order valence-electron chi connectivity index (χ3n) is 6.22. The molecule has 1 aliphatic rings. The number of benzene rings is 2. The Labute approximate surface area is 227 Å². The normalized spacial score (nSPS) is 15.5. The fourth-order valence-corrected chi connectivity index (χ4v) is 5.01. The molecule has 0 aliphatic carbocycles. The Morgan fingerprint density at radius 3 is 2.56 bits per heavy atom. The summed E-state index contributed by atoms with van der Waals surface area (Å²) in [5.74, 6) is 0.638. The van der Waals surface area contributed by atoms with Gasteiger partial charge in [-0.3, -0.25) is 14.5 Å². The van der Waals surface area contributed by atoms with Crippen molar-refractivity contribution < 1.29 is 31.9 Å². The Morgan fingerprint density at radius 1 is 1.28 bits per heavy atom. The molecule has 1 saturated heterocycles. The summed E-state index contributed by atoms with van der Waals surface area (Å²) < 4.78 is 61.2. The number of carbonyl (C=O) groups excluding carboxylic acids is 2. The Hall–Kier alpha value is -3.91. The highest BCUT2D eigenvalue weighted by atomic mass is 32.1. The van der Waals surface area contributed by atoms with Gasteiger partial charge in [-0.15, -0.1) is 17.8 Å².